The predicted molar refractivity (Wildman–Crippen MR) is 155 cm³/mol. The second-order valence-electron chi connectivity index (χ2n) is 9.28. The van der Waals surface area contributed by atoms with Gasteiger partial charge in [-0.05, 0) is 84.2 Å². The highest BCUT2D eigenvalue weighted by Crippen LogP contribution is 2.34. The summed E-state index contributed by atoms with van der Waals surface area (Å²) in [6.45, 7) is 13.6. The monoisotopic (exact) mass is 524 g/mol. The van der Waals surface area contributed by atoms with Gasteiger partial charge in [0.15, 0.2) is 0 Å². The number of nitrogens with one attached hydrogen (secondary N) is 2. The zero-order valence-corrected chi connectivity index (χ0v) is 24.0. The summed E-state index contributed by atoms with van der Waals surface area (Å²) >= 11 is 1.61. The van der Waals surface area contributed by atoms with Crippen molar-refractivity contribution in [3.63, 3.8) is 0 Å². The van der Waals surface area contributed by atoms with Crippen LogP contribution in [0.1, 0.15) is 97.3 Å². The number of hydrogen-bond donors (Lipinski definition) is 2. The molecule has 0 spiro atoms. The van der Waals surface area contributed by atoms with Crippen molar-refractivity contribution in [3.05, 3.63) is 75.3 Å². The lowest BCUT2D eigenvalue weighted by atomic mass is 10.1. The number of nitrogens with zero attached hydrogens (tertiary/aromatic N) is 2. The highest BCUT2D eigenvalue weighted by Gasteiger charge is 2.32. The quantitative estimate of drug-likeness (QED) is 0.261. The second-order valence-corrected chi connectivity index (χ2v) is 10.2. The molecule has 3 rings (SSSR count). The Hall–Kier alpha value is -2.77. The normalized spacial score (nSPS) is 15.5. The van der Waals surface area contributed by atoms with Crippen molar-refractivity contribution >= 4 is 23.2 Å². The lowest BCUT2D eigenvalue weighted by Gasteiger charge is -2.23. The van der Waals surface area contributed by atoms with E-state index in [0.29, 0.717) is 17.7 Å². The van der Waals surface area contributed by atoms with Crippen molar-refractivity contribution in [2.75, 3.05) is 26.2 Å². The summed E-state index contributed by atoms with van der Waals surface area (Å²) in [6, 6.07) is 7.07. The van der Waals surface area contributed by atoms with Crippen LogP contribution in [0.3, 0.4) is 0 Å². The van der Waals surface area contributed by atoms with E-state index >= 15 is 0 Å². The maximum Gasteiger partial charge on any atom is 0.254 e. The molecule has 0 bridgehead atoms. The number of carbonyl (C=O) groups excluding carboxylic acids is 2. The van der Waals surface area contributed by atoms with Crippen LogP contribution in [0.2, 0.25) is 0 Å². The molecule has 1 aliphatic rings. The first kappa shape index (κ1) is 30.5. The van der Waals surface area contributed by atoms with Gasteiger partial charge in [0.25, 0.3) is 11.8 Å². The Bertz CT molecular complexity index is 1040. The van der Waals surface area contributed by atoms with Gasteiger partial charge in [-0.25, -0.2) is 4.98 Å². The molecular weight excluding hydrogens is 480 g/mol. The topological polar surface area (TPSA) is 74.3 Å². The Kier molecular flexibility index (Phi) is 13.9. The molecule has 1 atom stereocenters. The fourth-order valence-electron chi connectivity index (χ4n) is 4.22. The minimum atomic E-state index is -0.135. The summed E-state index contributed by atoms with van der Waals surface area (Å²) in [5.74, 6) is -0.164. The molecule has 37 heavy (non-hydrogen) atoms. The molecule has 1 aromatic heterocycles. The highest BCUT2D eigenvalue weighted by molar-refractivity contribution is 7.09. The van der Waals surface area contributed by atoms with Crippen LogP contribution in [0, 0.1) is 6.92 Å². The molecular formula is C30H44N4O2S. The number of aryl methyl sites for hydroxylation is 1. The average Bonchev–Trinajstić information content (AvgIpc) is 3.55. The molecule has 0 saturated carbocycles. The van der Waals surface area contributed by atoms with Crippen LogP contribution in [0.25, 0.3) is 0 Å². The molecule has 1 fully saturated rings. The Morgan fingerprint density at radius 1 is 1.19 bits per heavy atom. The van der Waals surface area contributed by atoms with Crippen LogP contribution >= 0.6 is 11.3 Å². The molecule has 2 heterocycles. The molecule has 7 heteroatoms. The number of aromatic nitrogens is 1. The lowest BCUT2D eigenvalue weighted by molar-refractivity contribution is 0.0735. The Morgan fingerprint density at radius 2 is 1.97 bits per heavy atom. The SMILES string of the molecule is C/C=C\C(C)=C/CC.CCCNCCCNC(=O)c1cccc(C(=O)N2CCCC2c2nc(C)cs2)c1. The molecule has 2 aromatic rings. The highest BCUT2D eigenvalue weighted by atomic mass is 32.1. The van der Waals surface area contributed by atoms with E-state index in [1.807, 2.05) is 24.1 Å². The molecule has 2 N–H and O–H groups in total. The predicted octanol–water partition coefficient (Wildman–Crippen LogP) is 6.47. The van der Waals surface area contributed by atoms with E-state index in [9.17, 15) is 9.59 Å². The minimum Gasteiger partial charge on any atom is -0.352 e. The summed E-state index contributed by atoms with van der Waals surface area (Å²) in [5, 5.41) is 9.28. The van der Waals surface area contributed by atoms with E-state index in [0.717, 1.165) is 62.4 Å². The maximum absolute atomic E-state index is 13.1. The molecule has 202 valence electrons. The standard InChI is InChI=1S/C22H30N4O2S.C8H14/c1-3-10-23-11-6-12-24-20(27)17-7-4-8-18(14-17)22(28)26-13-5-9-19(26)21-25-16(2)15-29-21;1-4-6-8(3)7-5-2/h4,7-8,14-15,19,23H,3,5-6,9-13H2,1-2H3,(H,24,27);4,6-7H,5H2,1-3H3/b;6-4-,8-7-. The van der Waals surface area contributed by atoms with Crippen LogP contribution in [0.4, 0.5) is 0 Å². The summed E-state index contributed by atoms with van der Waals surface area (Å²) in [5.41, 5.74) is 3.43. The second kappa shape index (κ2) is 16.9. The zero-order valence-electron chi connectivity index (χ0n) is 23.2. The van der Waals surface area contributed by atoms with E-state index in [-0.39, 0.29) is 17.9 Å². The van der Waals surface area contributed by atoms with E-state index in [2.05, 4.69) is 54.6 Å². The third kappa shape index (κ3) is 10.3. The third-order valence-corrected chi connectivity index (χ3v) is 7.07. The van der Waals surface area contributed by atoms with Crippen molar-refractivity contribution in [1.29, 1.82) is 0 Å². The summed E-state index contributed by atoms with van der Waals surface area (Å²) in [6.07, 6.45) is 11.4. The molecule has 0 radical (unpaired) electrons. The number of benzene rings is 1. The number of carbonyl (C=O) groups is 2. The van der Waals surface area contributed by atoms with Crippen LogP contribution in [-0.4, -0.2) is 47.9 Å². The summed E-state index contributed by atoms with van der Waals surface area (Å²) in [7, 11) is 0. The minimum absolute atomic E-state index is 0.0289. The van der Waals surface area contributed by atoms with Crippen molar-refractivity contribution in [3.8, 4) is 0 Å². The van der Waals surface area contributed by atoms with E-state index in [1.165, 1.54) is 5.57 Å². The average molecular weight is 525 g/mol. The first-order valence-corrected chi connectivity index (χ1v) is 14.4. The van der Waals surface area contributed by atoms with Crippen LogP contribution in [0.15, 0.2) is 53.4 Å². The number of likely N-dealkylation sites (tertiary alicyclic amines) is 1. The summed E-state index contributed by atoms with van der Waals surface area (Å²) < 4.78 is 0. The first-order valence-electron chi connectivity index (χ1n) is 13.5. The Labute approximate surface area is 227 Å². The van der Waals surface area contributed by atoms with Crippen LogP contribution in [0.5, 0.6) is 0 Å². The van der Waals surface area contributed by atoms with Gasteiger partial charge in [-0.2, -0.15) is 0 Å². The molecule has 2 amide bonds. The number of rotatable bonds is 11. The molecule has 1 saturated heterocycles. The van der Waals surface area contributed by atoms with Crippen molar-refractivity contribution in [1.82, 2.24) is 20.5 Å². The lowest BCUT2D eigenvalue weighted by Crippen LogP contribution is -2.31. The van der Waals surface area contributed by atoms with Crippen molar-refractivity contribution in [2.45, 2.75) is 72.8 Å². The molecule has 1 aliphatic heterocycles. The fraction of sp³-hybridized carbons (Fsp3) is 0.500. The van der Waals surface area contributed by atoms with Gasteiger partial charge < -0.3 is 15.5 Å². The van der Waals surface area contributed by atoms with Gasteiger partial charge in [0.1, 0.15) is 5.01 Å². The first-order chi connectivity index (χ1) is 17.9. The van der Waals surface area contributed by atoms with Gasteiger partial charge in [0.05, 0.1) is 6.04 Å². The molecule has 0 aliphatic carbocycles. The number of hydrogen-bond acceptors (Lipinski definition) is 5. The van der Waals surface area contributed by atoms with Gasteiger partial charge in [-0.1, -0.05) is 43.7 Å². The van der Waals surface area contributed by atoms with Gasteiger partial charge >= 0.3 is 0 Å². The smallest absolute Gasteiger partial charge is 0.254 e. The van der Waals surface area contributed by atoms with E-state index in [1.54, 1.807) is 35.6 Å². The summed E-state index contributed by atoms with van der Waals surface area (Å²) in [4.78, 5) is 32.1. The van der Waals surface area contributed by atoms with Crippen molar-refractivity contribution in [2.24, 2.45) is 0 Å². The fourth-order valence-corrected chi connectivity index (χ4v) is 5.17. The Morgan fingerprint density at radius 3 is 2.65 bits per heavy atom. The molecule has 1 unspecified atom stereocenters. The van der Waals surface area contributed by atoms with Crippen molar-refractivity contribution < 1.29 is 9.59 Å². The molecule has 6 nitrogen and oxygen atoms in total. The van der Waals surface area contributed by atoms with Gasteiger partial charge in [0.2, 0.25) is 0 Å². The zero-order chi connectivity index (χ0) is 27.0. The third-order valence-electron chi connectivity index (χ3n) is 6.01. The number of amides is 2. The Balaban J connectivity index is 0.000000521. The largest absolute Gasteiger partial charge is 0.352 e. The van der Waals surface area contributed by atoms with Gasteiger partial charge in [0, 0.05) is 35.3 Å². The maximum atomic E-state index is 13.1. The van der Waals surface area contributed by atoms with Crippen LogP contribution < -0.4 is 10.6 Å². The van der Waals surface area contributed by atoms with Crippen LogP contribution in [-0.2, 0) is 0 Å². The van der Waals surface area contributed by atoms with Gasteiger partial charge in [-0.3, -0.25) is 9.59 Å². The number of thiazole rings is 1. The van der Waals surface area contributed by atoms with E-state index in [4.69, 9.17) is 0 Å². The van der Waals surface area contributed by atoms with E-state index < -0.39 is 0 Å². The molecule has 1 aromatic carbocycles. The van der Waals surface area contributed by atoms with Gasteiger partial charge in [-0.15, -0.1) is 11.3 Å². The number of allylic oxidation sites excluding steroid dienone is 4.